The molecule has 0 spiro atoms. The van der Waals surface area contributed by atoms with Crippen LogP contribution >= 0.6 is 34.5 Å². The number of ketones is 1. The summed E-state index contributed by atoms with van der Waals surface area (Å²) in [5.41, 5.74) is 1.56. The number of thiazole rings is 1. The zero-order valence-corrected chi connectivity index (χ0v) is 24.2. The van der Waals surface area contributed by atoms with Crippen molar-refractivity contribution in [2.45, 2.75) is 46.3 Å². The Hall–Kier alpha value is -2.84. The number of carbonyl (C=O) groups excluding carboxylic acids is 2. The largest absolute Gasteiger partial charge is 0.360 e. The van der Waals surface area contributed by atoms with Crippen LogP contribution in [0.1, 0.15) is 54.7 Å². The Morgan fingerprint density at radius 3 is 2.34 bits per heavy atom. The van der Waals surface area contributed by atoms with Crippen LogP contribution in [0.3, 0.4) is 0 Å². The van der Waals surface area contributed by atoms with E-state index in [1.165, 1.54) is 11.8 Å². The van der Waals surface area contributed by atoms with Crippen LogP contribution in [0.25, 0.3) is 21.3 Å². The minimum absolute atomic E-state index is 0.0279. The molecule has 1 atom stereocenters. The fourth-order valence-corrected chi connectivity index (χ4v) is 5.85. The first kappa shape index (κ1) is 28.2. The van der Waals surface area contributed by atoms with Gasteiger partial charge in [-0.3, -0.25) is 9.59 Å². The topological polar surface area (TPSA) is 59.5 Å². The van der Waals surface area contributed by atoms with E-state index in [0.717, 1.165) is 11.3 Å². The number of ether oxygens (including phenoxy) is 1. The zero-order valence-electron chi connectivity index (χ0n) is 21.9. The first-order valence-corrected chi connectivity index (χ1v) is 13.5. The number of nitrogens with zero attached hydrogens (tertiary/aromatic N) is 2. The molecule has 4 rings (SSSR count). The second kappa shape index (κ2) is 10.7. The Bertz CT molecular complexity index is 1550. The highest BCUT2D eigenvalue weighted by Gasteiger charge is 2.33. The molecule has 0 N–H and O–H groups in total. The highest BCUT2D eigenvalue weighted by molar-refractivity contribution is 7.21. The first-order chi connectivity index (χ1) is 17.8. The predicted molar refractivity (Wildman–Crippen MR) is 153 cm³/mol. The van der Waals surface area contributed by atoms with Gasteiger partial charge in [0.2, 0.25) is 0 Å². The summed E-state index contributed by atoms with van der Waals surface area (Å²) in [6, 6.07) is 14.1. The molecular formula is C29H27Cl2FN2O3S. The fraction of sp³-hybridized carbons (Fsp3) is 0.276. The second-order valence-electron chi connectivity index (χ2n) is 9.97. The third kappa shape index (κ3) is 5.47. The summed E-state index contributed by atoms with van der Waals surface area (Å²) in [4.78, 5) is 32.2. The number of carbonyl (C=O) groups is 2. The van der Waals surface area contributed by atoms with E-state index in [-0.39, 0.29) is 21.9 Å². The average Bonchev–Trinajstić information content (AvgIpc) is 3.30. The molecular weight excluding hydrogens is 546 g/mol. The fourth-order valence-electron chi connectivity index (χ4n) is 4.23. The zero-order chi connectivity index (χ0) is 27.9. The van der Waals surface area contributed by atoms with Crippen molar-refractivity contribution < 1.29 is 18.7 Å². The van der Waals surface area contributed by atoms with Crippen LogP contribution in [-0.2, 0) is 9.53 Å². The van der Waals surface area contributed by atoms with E-state index < -0.39 is 23.4 Å². The Morgan fingerprint density at radius 2 is 1.76 bits per heavy atom. The molecule has 1 amide bonds. The molecule has 0 radical (unpaired) electrons. The van der Waals surface area contributed by atoms with Crippen LogP contribution in [0.4, 0.5) is 10.1 Å². The minimum atomic E-state index is -1.08. The van der Waals surface area contributed by atoms with Crippen molar-refractivity contribution in [3.8, 4) is 11.1 Å². The lowest BCUT2D eigenvalue weighted by molar-refractivity contribution is -0.138. The van der Waals surface area contributed by atoms with Crippen molar-refractivity contribution in [2.24, 2.45) is 0 Å². The van der Waals surface area contributed by atoms with Crippen LogP contribution in [0.2, 0.25) is 10.0 Å². The number of fused-ring (bicyclic) bond motifs is 1. The van der Waals surface area contributed by atoms with Crippen molar-refractivity contribution in [3.05, 3.63) is 80.5 Å². The van der Waals surface area contributed by atoms with Gasteiger partial charge >= 0.3 is 0 Å². The van der Waals surface area contributed by atoms with Gasteiger partial charge in [-0.2, -0.15) is 0 Å². The van der Waals surface area contributed by atoms with Crippen LogP contribution in [0.15, 0.2) is 48.5 Å². The number of benzene rings is 3. The van der Waals surface area contributed by atoms with Gasteiger partial charge in [0.05, 0.1) is 10.3 Å². The average molecular weight is 574 g/mol. The first-order valence-electron chi connectivity index (χ1n) is 11.9. The molecule has 0 aliphatic heterocycles. The van der Waals surface area contributed by atoms with Crippen molar-refractivity contribution in [1.29, 1.82) is 0 Å². The van der Waals surface area contributed by atoms with E-state index in [2.05, 4.69) is 4.98 Å². The van der Waals surface area contributed by atoms with Gasteiger partial charge in [-0.25, -0.2) is 9.37 Å². The van der Waals surface area contributed by atoms with Crippen LogP contribution in [0, 0.1) is 12.7 Å². The minimum Gasteiger partial charge on any atom is -0.360 e. The van der Waals surface area contributed by atoms with Gasteiger partial charge in [0, 0.05) is 39.5 Å². The summed E-state index contributed by atoms with van der Waals surface area (Å²) >= 11 is 13.9. The second-order valence-corrected chi connectivity index (χ2v) is 11.8. The molecule has 38 heavy (non-hydrogen) atoms. The number of Topliss-reactive ketones (excluding diaryl/α,β-unsaturated/α-hetero) is 1. The molecule has 0 bridgehead atoms. The van der Waals surface area contributed by atoms with Crippen LogP contribution in [0.5, 0.6) is 0 Å². The molecule has 0 saturated carbocycles. The van der Waals surface area contributed by atoms with Gasteiger partial charge in [-0.1, -0.05) is 47.5 Å². The van der Waals surface area contributed by atoms with Gasteiger partial charge in [0.15, 0.2) is 16.6 Å². The SMILES string of the molecule is CC(=O)[C@@H](OC(C)(C)C)c1c(C)c(F)c2nc(C(=O)N(C)c3ccccc3)sc2c1-c1ccc(Cl)cc1Cl. The van der Waals surface area contributed by atoms with Crippen molar-refractivity contribution >= 4 is 62.1 Å². The van der Waals surface area contributed by atoms with Gasteiger partial charge < -0.3 is 9.64 Å². The van der Waals surface area contributed by atoms with Gasteiger partial charge in [-0.05, 0) is 64.4 Å². The summed E-state index contributed by atoms with van der Waals surface area (Å²) in [5, 5.41) is 0.838. The maximum absolute atomic E-state index is 16.0. The molecule has 0 saturated heterocycles. The molecule has 0 unspecified atom stereocenters. The van der Waals surface area contributed by atoms with Crippen molar-refractivity contribution in [2.75, 3.05) is 11.9 Å². The Balaban J connectivity index is 2.04. The number of hydrogen-bond acceptors (Lipinski definition) is 5. The van der Waals surface area contributed by atoms with Crippen molar-refractivity contribution in [1.82, 2.24) is 4.98 Å². The highest BCUT2D eigenvalue weighted by Crippen LogP contribution is 2.46. The van der Waals surface area contributed by atoms with Crippen LogP contribution in [-0.4, -0.2) is 29.3 Å². The molecule has 0 aliphatic rings. The molecule has 0 fully saturated rings. The maximum atomic E-state index is 16.0. The number of amides is 1. The Kier molecular flexibility index (Phi) is 7.96. The van der Waals surface area contributed by atoms with Gasteiger partial charge in [0.25, 0.3) is 5.91 Å². The van der Waals surface area contributed by atoms with E-state index in [9.17, 15) is 9.59 Å². The standard InChI is InChI=1S/C29H27Cl2FN2O3S/c1-15-21(25(16(2)35)37-29(3,4)5)22(19-13-12-17(30)14-20(19)31)26-24(23(15)32)33-27(38-26)28(36)34(6)18-10-8-7-9-11-18/h7-14,25H,1-6H3/t25-/m1/s1. The predicted octanol–water partition coefficient (Wildman–Crippen LogP) is 8.44. The van der Waals surface area contributed by atoms with Crippen molar-refractivity contribution in [3.63, 3.8) is 0 Å². The molecule has 3 aromatic carbocycles. The van der Waals surface area contributed by atoms with E-state index in [0.29, 0.717) is 37.1 Å². The molecule has 198 valence electrons. The third-order valence-corrected chi connectivity index (χ3v) is 7.61. The molecule has 5 nitrogen and oxygen atoms in total. The van der Waals surface area contributed by atoms with E-state index >= 15 is 4.39 Å². The smallest absolute Gasteiger partial charge is 0.287 e. The van der Waals surface area contributed by atoms with E-state index in [1.54, 1.807) is 44.3 Å². The lowest BCUT2D eigenvalue weighted by Gasteiger charge is -2.29. The molecule has 9 heteroatoms. The van der Waals surface area contributed by atoms with Crippen LogP contribution < -0.4 is 4.90 Å². The third-order valence-electron chi connectivity index (χ3n) is 6.00. The summed E-state index contributed by atoms with van der Waals surface area (Å²) < 4.78 is 22.5. The van der Waals surface area contributed by atoms with Gasteiger partial charge in [0.1, 0.15) is 11.6 Å². The monoisotopic (exact) mass is 572 g/mol. The number of halogens is 3. The summed E-state index contributed by atoms with van der Waals surface area (Å²) in [6.45, 7) is 8.46. The van der Waals surface area contributed by atoms with E-state index in [1.807, 2.05) is 39.0 Å². The molecule has 1 heterocycles. The number of anilines is 1. The summed E-state index contributed by atoms with van der Waals surface area (Å²) in [6.07, 6.45) is -1.08. The lowest BCUT2D eigenvalue weighted by atomic mass is 9.89. The molecule has 4 aromatic rings. The summed E-state index contributed by atoms with van der Waals surface area (Å²) in [7, 11) is 1.64. The van der Waals surface area contributed by atoms with Gasteiger partial charge in [-0.15, -0.1) is 11.3 Å². The number of hydrogen-bond donors (Lipinski definition) is 0. The Labute approximate surface area is 235 Å². The number of aromatic nitrogens is 1. The maximum Gasteiger partial charge on any atom is 0.287 e. The summed E-state index contributed by atoms with van der Waals surface area (Å²) in [5.74, 6) is -1.30. The number of rotatable bonds is 6. The van der Waals surface area contributed by atoms with E-state index in [4.69, 9.17) is 27.9 Å². The highest BCUT2D eigenvalue weighted by atomic mass is 35.5. The number of para-hydroxylation sites is 1. The lowest BCUT2D eigenvalue weighted by Crippen LogP contribution is -2.27. The quantitative estimate of drug-likeness (QED) is 0.232. The molecule has 1 aromatic heterocycles. The molecule has 0 aliphatic carbocycles. The normalized spacial score (nSPS) is 12.6. The Morgan fingerprint density at radius 1 is 1.11 bits per heavy atom.